The fourth-order valence-corrected chi connectivity index (χ4v) is 4.16. The van der Waals surface area contributed by atoms with Crippen LogP contribution in [0.2, 0.25) is 5.02 Å². The summed E-state index contributed by atoms with van der Waals surface area (Å²) in [6.07, 6.45) is 7.77. The van der Waals surface area contributed by atoms with Crippen molar-refractivity contribution in [1.82, 2.24) is 14.7 Å². The maximum absolute atomic E-state index is 13.1. The summed E-state index contributed by atoms with van der Waals surface area (Å²) in [4.78, 5) is 27.7. The molecule has 0 aliphatic heterocycles. The number of rotatable bonds is 14. The van der Waals surface area contributed by atoms with Gasteiger partial charge in [-0.15, -0.1) is 0 Å². The van der Waals surface area contributed by atoms with Crippen molar-refractivity contribution in [3.8, 4) is 16.9 Å². The first-order chi connectivity index (χ1) is 17.5. The first-order valence-electron chi connectivity index (χ1n) is 13.0. The number of unbranched alkanes of at least 4 members (excludes halogenated alkanes) is 5. The van der Waals surface area contributed by atoms with Crippen LogP contribution in [-0.2, 0) is 9.59 Å². The Labute approximate surface area is 219 Å². The minimum Gasteiger partial charge on any atom is -0.333 e. The predicted octanol–water partition coefficient (Wildman–Crippen LogP) is 7.12. The van der Waals surface area contributed by atoms with Crippen molar-refractivity contribution in [3.63, 3.8) is 0 Å². The fraction of sp³-hybridized carbons (Fsp3) is 0.414. The van der Waals surface area contributed by atoms with Crippen LogP contribution < -0.4 is 5.32 Å². The molecule has 0 radical (unpaired) electrons. The van der Waals surface area contributed by atoms with Gasteiger partial charge in [-0.2, -0.15) is 5.10 Å². The van der Waals surface area contributed by atoms with Gasteiger partial charge in [0, 0.05) is 29.6 Å². The lowest BCUT2D eigenvalue weighted by Gasteiger charge is -2.22. The molecule has 1 N–H and O–H groups in total. The lowest BCUT2D eigenvalue weighted by molar-refractivity contribution is -0.134. The van der Waals surface area contributed by atoms with Gasteiger partial charge in [-0.1, -0.05) is 87.9 Å². The molecule has 1 aromatic heterocycles. The van der Waals surface area contributed by atoms with Crippen molar-refractivity contribution < 1.29 is 9.59 Å². The highest BCUT2D eigenvalue weighted by Crippen LogP contribution is 2.25. The number of hydrogen-bond acceptors (Lipinski definition) is 3. The molecule has 0 atom stereocenters. The summed E-state index contributed by atoms with van der Waals surface area (Å²) in [6, 6.07) is 19.0. The van der Waals surface area contributed by atoms with Crippen molar-refractivity contribution in [3.05, 3.63) is 65.7 Å². The van der Waals surface area contributed by atoms with Gasteiger partial charge in [0.05, 0.1) is 17.9 Å². The molecule has 0 saturated heterocycles. The Balaban J connectivity index is 1.75. The monoisotopic (exact) mass is 508 g/mol. The van der Waals surface area contributed by atoms with E-state index in [0.717, 1.165) is 49.0 Å². The minimum atomic E-state index is -0.236. The van der Waals surface area contributed by atoms with Gasteiger partial charge in [0.1, 0.15) is 5.82 Å². The molecule has 2 aromatic carbocycles. The molecule has 2 amide bonds. The number of benzene rings is 2. The number of aromatic nitrogens is 2. The molecule has 0 fully saturated rings. The number of carbonyl (C=O) groups is 2. The standard InChI is InChI=1S/C29H37ClN4O2/c1-3-5-7-8-12-15-29(36)33(20-6-4-2)22-28(35)31-27-21-26(23-13-10-9-11-14-23)32-34(27)25-18-16-24(30)17-19-25/h9-11,13-14,16-19,21H,3-8,12,15,20,22H2,1-2H3,(H,31,35). The van der Waals surface area contributed by atoms with Crippen LogP contribution in [0.15, 0.2) is 60.7 Å². The summed E-state index contributed by atoms with van der Waals surface area (Å²) >= 11 is 6.08. The summed E-state index contributed by atoms with van der Waals surface area (Å²) in [5.74, 6) is 0.357. The average molecular weight is 509 g/mol. The molecule has 192 valence electrons. The molecule has 1 heterocycles. The maximum atomic E-state index is 13.1. The van der Waals surface area contributed by atoms with Gasteiger partial charge in [-0.25, -0.2) is 4.68 Å². The largest absolute Gasteiger partial charge is 0.333 e. The van der Waals surface area contributed by atoms with Crippen LogP contribution in [0.3, 0.4) is 0 Å². The van der Waals surface area contributed by atoms with E-state index in [4.69, 9.17) is 16.7 Å². The zero-order valence-electron chi connectivity index (χ0n) is 21.4. The van der Waals surface area contributed by atoms with Crippen molar-refractivity contribution >= 4 is 29.2 Å². The van der Waals surface area contributed by atoms with Crippen molar-refractivity contribution in [1.29, 1.82) is 0 Å². The van der Waals surface area contributed by atoms with Crippen LogP contribution in [-0.4, -0.2) is 39.6 Å². The number of anilines is 1. The van der Waals surface area contributed by atoms with Crippen LogP contribution in [0.1, 0.15) is 65.2 Å². The molecule has 0 bridgehead atoms. The van der Waals surface area contributed by atoms with E-state index < -0.39 is 0 Å². The Morgan fingerprint density at radius 3 is 2.31 bits per heavy atom. The molecule has 3 rings (SSSR count). The fourth-order valence-electron chi connectivity index (χ4n) is 4.03. The SMILES string of the molecule is CCCCCCCC(=O)N(CCCC)CC(=O)Nc1cc(-c2ccccc2)nn1-c1ccc(Cl)cc1. The quantitative estimate of drug-likeness (QED) is 0.236. The highest BCUT2D eigenvalue weighted by Gasteiger charge is 2.19. The van der Waals surface area contributed by atoms with E-state index in [-0.39, 0.29) is 18.4 Å². The second-order valence-corrected chi connectivity index (χ2v) is 9.49. The molecule has 36 heavy (non-hydrogen) atoms. The molecular weight excluding hydrogens is 472 g/mol. The van der Waals surface area contributed by atoms with Crippen molar-refractivity contribution in [2.24, 2.45) is 0 Å². The van der Waals surface area contributed by atoms with E-state index in [1.165, 1.54) is 12.8 Å². The van der Waals surface area contributed by atoms with Gasteiger partial charge in [-0.3, -0.25) is 9.59 Å². The molecule has 6 nitrogen and oxygen atoms in total. The van der Waals surface area contributed by atoms with E-state index >= 15 is 0 Å². The molecule has 0 saturated carbocycles. The van der Waals surface area contributed by atoms with Crippen LogP contribution in [0.25, 0.3) is 16.9 Å². The van der Waals surface area contributed by atoms with Crippen LogP contribution in [0.5, 0.6) is 0 Å². The summed E-state index contributed by atoms with van der Waals surface area (Å²) in [6.45, 7) is 4.88. The molecule has 7 heteroatoms. The molecule has 0 aliphatic carbocycles. The Hall–Kier alpha value is -3.12. The smallest absolute Gasteiger partial charge is 0.245 e. The Morgan fingerprint density at radius 2 is 1.61 bits per heavy atom. The van der Waals surface area contributed by atoms with Gasteiger partial charge in [-0.05, 0) is 37.1 Å². The molecule has 0 unspecified atom stereocenters. The molecule has 0 spiro atoms. The third-order valence-corrected chi connectivity index (χ3v) is 6.33. The third-order valence-electron chi connectivity index (χ3n) is 6.08. The van der Waals surface area contributed by atoms with Crippen molar-refractivity contribution in [2.45, 2.75) is 65.2 Å². The van der Waals surface area contributed by atoms with Crippen molar-refractivity contribution in [2.75, 3.05) is 18.4 Å². The highest BCUT2D eigenvalue weighted by atomic mass is 35.5. The topological polar surface area (TPSA) is 67.2 Å². The van der Waals surface area contributed by atoms with E-state index in [1.807, 2.05) is 48.5 Å². The lowest BCUT2D eigenvalue weighted by Crippen LogP contribution is -2.38. The Morgan fingerprint density at radius 1 is 0.917 bits per heavy atom. The van der Waals surface area contributed by atoms with Crippen LogP contribution in [0.4, 0.5) is 5.82 Å². The normalized spacial score (nSPS) is 10.9. The van der Waals surface area contributed by atoms with Gasteiger partial charge in [0.2, 0.25) is 11.8 Å². The molecular formula is C29H37ClN4O2. The first kappa shape index (κ1) is 27.5. The van der Waals surface area contributed by atoms with Gasteiger partial charge in [0.15, 0.2) is 0 Å². The van der Waals surface area contributed by atoms with Crippen LogP contribution >= 0.6 is 11.6 Å². The number of halogens is 1. The second kappa shape index (κ2) is 14.4. The summed E-state index contributed by atoms with van der Waals surface area (Å²) in [5, 5.41) is 8.36. The number of nitrogens with one attached hydrogen (secondary N) is 1. The zero-order valence-corrected chi connectivity index (χ0v) is 22.1. The Bertz CT molecular complexity index is 1100. The minimum absolute atomic E-state index is 0.0280. The predicted molar refractivity (Wildman–Crippen MR) is 148 cm³/mol. The van der Waals surface area contributed by atoms with E-state index in [0.29, 0.717) is 23.8 Å². The highest BCUT2D eigenvalue weighted by molar-refractivity contribution is 6.30. The number of carbonyl (C=O) groups excluding carboxylic acids is 2. The van der Waals surface area contributed by atoms with E-state index in [9.17, 15) is 9.59 Å². The summed E-state index contributed by atoms with van der Waals surface area (Å²) in [5.41, 5.74) is 2.47. The second-order valence-electron chi connectivity index (χ2n) is 9.05. The summed E-state index contributed by atoms with van der Waals surface area (Å²) in [7, 11) is 0. The average Bonchev–Trinajstić information content (AvgIpc) is 3.30. The van der Waals surface area contributed by atoms with E-state index in [1.54, 1.807) is 21.7 Å². The molecule has 0 aliphatic rings. The van der Waals surface area contributed by atoms with Gasteiger partial charge < -0.3 is 10.2 Å². The summed E-state index contributed by atoms with van der Waals surface area (Å²) < 4.78 is 1.70. The number of nitrogens with zero attached hydrogens (tertiary/aromatic N) is 3. The number of hydrogen-bond donors (Lipinski definition) is 1. The maximum Gasteiger partial charge on any atom is 0.245 e. The van der Waals surface area contributed by atoms with Gasteiger partial charge in [0.25, 0.3) is 0 Å². The molecule has 3 aromatic rings. The van der Waals surface area contributed by atoms with Crippen LogP contribution in [0, 0.1) is 0 Å². The lowest BCUT2D eigenvalue weighted by atomic mass is 10.1. The van der Waals surface area contributed by atoms with E-state index in [2.05, 4.69) is 19.2 Å². The third kappa shape index (κ3) is 8.23. The van der Waals surface area contributed by atoms with Gasteiger partial charge >= 0.3 is 0 Å². The first-order valence-corrected chi connectivity index (χ1v) is 13.4. The number of amides is 2. The Kier molecular flexibility index (Phi) is 11.0. The zero-order chi connectivity index (χ0) is 25.8.